The van der Waals surface area contributed by atoms with Crippen molar-refractivity contribution in [2.75, 3.05) is 26.7 Å². The van der Waals surface area contributed by atoms with Crippen LogP contribution in [0.15, 0.2) is 0 Å². The molecule has 0 aromatic rings. The van der Waals surface area contributed by atoms with Gasteiger partial charge in [-0.2, -0.15) is 0 Å². The van der Waals surface area contributed by atoms with E-state index in [-0.39, 0.29) is 11.6 Å². The van der Waals surface area contributed by atoms with Crippen LogP contribution >= 0.6 is 0 Å². The first-order chi connectivity index (χ1) is 9.03. The molecule has 1 fully saturated rings. The third-order valence-electron chi connectivity index (χ3n) is 4.01. The Morgan fingerprint density at radius 1 is 1.47 bits per heavy atom. The van der Waals surface area contributed by atoms with E-state index in [9.17, 15) is 9.59 Å². The van der Waals surface area contributed by atoms with Gasteiger partial charge in [-0.15, -0.1) is 0 Å². The number of likely N-dealkylation sites (tertiary alicyclic amines) is 1. The van der Waals surface area contributed by atoms with Gasteiger partial charge in [0.2, 0.25) is 5.91 Å². The number of hydrogen-bond donors (Lipinski definition) is 1. The Kier molecular flexibility index (Phi) is 6.45. The molecule has 1 atom stereocenters. The first kappa shape index (κ1) is 16.1. The van der Waals surface area contributed by atoms with Crippen molar-refractivity contribution >= 4 is 12.2 Å². The second-order valence-electron chi connectivity index (χ2n) is 5.46. The molecule has 1 unspecified atom stereocenters. The smallest absolute Gasteiger partial charge is 0.222 e. The van der Waals surface area contributed by atoms with Gasteiger partial charge in [0.25, 0.3) is 0 Å². The molecule has 5 heteroatoms. The molecule has 1 aliphatic rings. The van der Waals surface area contributed by atoms with E-state index in [4.69, 9.17) is 5.73 Å². The van der Waals surface area contributed by atoms with Crippen molar-refractivity contribution in [3.63, 3.8) is 0 Å². The molecule has 1 rings (SSSR count). The zero-order chi connectivity index (χ0) is 14.3. The Morgan fingerprint density at radius 3 is 2.74 bits per heavy atom. The number of amides is 1. The van der Waals surface area contributed by atoms with Gasteiger partial charge in [-0.05, 0) is 39.3 Å². The fourth-order valence-corrected chi connectivity index (χ4v) is 2.62. The average Bonchev–Trinajstić information content (AvgIpc) is 2.70. The highest BCUT2D eigenvalue weighted by Gasteiger charge is 2.34. The molecule has 1 aliphatic heterocycles. The number of carbonyl (C=O) groups is 2. The number of hydrogen-bond acceptors (Lipinski definition) is 4. The maximum Gasteiger partial charge on any atom is 0.222 e. The van der Waals surface area contributed by atoms with Crippen molar-refractivity contribution in [2.45, 2.75) is 51.1 Å². The van der Waals surface area contributed by atoms with Crippen LogP contribution in [0.3, 0.4) is 0 Å². The maximum atomic E-state index is 12.0. The Labute approximate surface area is 116 Å². The van der Waals surface area contributed by atoms with E-state index in [1.165, 1.54) is 0 Å². The molecule has 0 aromatic heterocycles. The normalized spacial score (nSPS) is 23.5. The van der Waals surface area contributed by atoms with Crippen LogP contribution in [0.2, 0.25) is 0 Å². The summed E-state index contributed by atoms with van der Waals surface area (Å²) in [6, 6.07) is 0. The van der Waals surface area contributed by atoms with Crippen LogP contribution in [0, 0.1) is 0 Å². The summed E-state index contributed by atoms with van der Waals surface area (Å²) in [6.07, 6.45) is 5.53. The lowest BCUT2D eigenvalue weighted by atomic mass is 10.0. The number of rotatable bonds is 8. The van der Waals surface area contributed by atoms with E-state index >= 15 is 0 Å². The van der Waals surface area contributed by atoms with Crippen molar-refractivity contribution in [3.05, 3.63) is 0 Å². The lowest BCUT2D eigenvalue weighted by molar-refractivity contribution is -0.131. The molecule has 0 bridgehead atoms. The summed E-state index contributed by atoms with van der Waals surface area (Å²) in [4.78, 5) is 26.5. The molecule has 0 spiro atoms. The minimum atomic E-state index is -0.286. The number of carbonyl (C=O) groups excluding carboxylic acids is 2. The quantitative estimate of drug-likeness (QED) is 0.667. The van der Waals surface area contributed by atoms with Gasteiger partial charge in [-0.1, -0.05) is 6.92 Å². The topological polar surface area (TPSA) is 66.6 Å². The molecule has 0 saturated carbocycles. The van der Waals surface area contributed by atoms with Crippen LogP contribution in [0.5, 0.6) is 0 Å². The zero-order valence-electron chi connectivity index (χ0n) is 12.2. The Bertz CT molecular complexity index is 309. The van der Waals surface area contributed by atoms with Crippen molar-refractivity contribution in [2.24, 2.45) is 5.73 Å². The van der Waals surface area contributed by atoms with E-state index < -0.39 is 0 Å². The third kappa shape index (κ3) is 4.58. The molecule has 19 heavy (non-hydrogen) atoms. The molecule has 5 nitrogen and oxygen atoms in total. The Morgan fingerprint density at radius 2 is 2.21 bits per heavy atom. The highest BCUT2D eigenvalue weighted by Crippen LogP contribution is 2.25. The van der Waals surface area contributed by atoms with Crippen molar-refractivity contribution in [3.8, 4) is 0 Å². The lowest BCUT2D eigenvalue weighted by Crippen LogP contribution is -2.52. The second-order valence-corrected chi connectivity index (χ2v) is 5.46. The highest BCUT2D eigenvalue weighted by atomic mass is 16.2. The fraction of sp³-hybridized carbons (Fsp3) is 0.857. The minimum absolute atomic E-state index is 0.133. The first-order valence-electron chi connectivity index (χ1n) is 7.25. The predicted octanol–water partition coefficient (Wildman–Crippen LogP) is 0.975. The summed E-state index contributed by atoms with van der Waals surface area (Å²) in [5, 5.41) is 0. The van der Waals surface area contributed by atoms with Gasteiger partial charge in [0, 0.05) is 25.9 Å². The minimum Gasteiger partial charge on any atom is -0.342 e. The maximum absolute atomic E-state index is 12.0. The summed E-state index contributed by atoms with van der Waals surface area (Å²) in [7, 11) is 2.04. The monoisotopic (exact) mass is 269 g/mol. The number of aldehydes is 1. The molecule has 1 heterocycles. The largest absolute Gasteiger partial charge is 0.342 e. The van der Waals surface area contributed by atoms with E-state index in [1.54, 1.807) is 4.90 Å². The van der Waals surface area contributed by atoms with E-state index in [0.717, 1.165) is 38.5 Å². The number of nitrogens with two attached hydrogens (primary N) is 1. The van der Waals surface area contributed by atoms with E-state index in [0.29, 0.717) is 25.9 Å². The third-order valence-corrected chi connectivity index (χ3v) is 4.01. The fourth-order valence-electron chi connectivity index (χ4n) is 2.62. The van der Waals surface area contributed by atoms with Gasteiger partial charge in [0.1, 0.15) is 6.29 Å². The number of nitrogens with zero attached hydrogens (tertiary/aromatic N) is 2. The van der Waals surface area contributed by atoms with Crippen LogP contribution in [0.4, 0.5) is 0 Å². The average molecular weight is 269 g/mol. The van der Waals surface area contributed by atoms with Crippen LogP contribution < -0.4 is 5.73 Å². The van der Waals surface area contributed by atoms with Crippen LogP contribution in [0.1, 0.15) is 45.4 Å². The summed E-state index contributed by atoms with van der Waals surface area (Å²) >= 11 is 0. The second kappa shape index (κ2) is 7.60. The molecule has 0 aromatic carbocycles. The SMILES string of the molecule is CCCC(=O)N(CCC=O)CCC1(N)CCCN1C. The van der Waals surface area contributed by atoms with Gasteiger partial charge >= 0.3 is 0 Å². The predicted molar refractivity (Wildman–Crippen MR) is 75.6 cm³/mol. The van der Waals surface area contributed by atoms with Crippen LogP contribution in [-0.4, -0.2) is 54.3 Å². The molecule has 1 amide bonds. The van der Waals surface area contributed by atoms with Crippen LogP contribution in [-0.2, 0) is 9.59 Å². The summed E-state index contributed by atoms with van der Waals surface area (Å²) in [5.74, 6) is 0.133. The first-order valence-corrected chi connectivity index (χ1v) is 7.25. The van der Waals surface area contributed by atoms with Crippen LogP contribution in [0.25, 0.3) is 0 Å². The van der Waals surface area contributed by atoms with Crippen molar-refractivity contribution in [1.82, 2.24) is 9.80 Å². The van der Waals surface area contributed by atoms with Crippen molar-refractivity contribution < 1.29 is 9.59 Å². The van der Waals surface area contributed by atoms with Gasteiger partial charge in [-0.25, -0.2) is 0 Å². The van der Waals surface area contributed by atoms with Gasteiger partial charge in [-0.3, -0.25) is 9.69 Å². The van der Waals surface area contributed by atoms with E-state index in [2.05, 4.69) is 4.90 Å². The zero-order valence-corrected chi connectivity index (χ0v) is 12.2. The molecule has 110 valence electrons. The van der Waals surface area contributed by atoms with Gasteiger partial charge in [0.05, 0.1) is 5.66 Å². The molecule has 1 saturated heterocycles. The molecule has 0 aliphatic carbocycles. The van der Waals surface area contributed by atoms with Gasteiger partial charge < -0.3 is 15.4 Å². The van der Waals surface area contributed by atoms with E-state index in [1.807, 2.05) is 14.0 Å². The molecule has 2 N–H and O–H groups in total. The lowest BCUT2D eigenvalue weighted by Gasteiger charge is -2.34. The molecular formula is C14H27N3O2. The summed E-state index contributed by atoms with van der Waals surface area (Å²) in [5.41, 5.74) is 6.09. The molecular weight excluding hydrogens is 242 g/mol. The van der Waals surface area contributed by atoms with Gasteiger partial charge in [0.15, 0.2) is 0 Å². The standard InChI is InChI=1S/C14H27N3O2/c1-3-6-13(19)17(10-5-12-18)11-8-14(15)7-4-9-16(14)2/h12H,3-11,15H2,1-2H3. The Balaban J connectivity index is 2.51. The Hall–Kier alpha value is -0.940. The summed E-state index contributed by atoms with van der Waals surface area (Å²) < 4.78 is 0. The highest BCUT2D eigenvalue weighted by molar-refractivity contribution is 5.76. The molecule has 0 radical (unpaired) electrons. The summed E-state index contributed by atoms with van der Waals surface area (Å²) in [6.45, 7) is 4.17. The van der Waals surface area contributed by atoms with Crippen molar-refractivity contribution in [1.29, 1.82) is 0 Å².